The van der Waals surface area contributed by atoms with Crippen molar-refractivity contribution in [3.63, 3.8) is 0 Å². The van der Waals surface area contributed by atoms with Crippen LogP contribution in [0.3, 0.4) is 0 Å². The van der Waals surface area contributed by atoms with Gasteiger partial charge in [0, 0.05) is 18.8 Å². The molecular formula is C10H14N2O3S. The molecule has 1 aliphatic heterocycles. The zero-order valence-electron chi connectivity index (χ0n) is 8.70. The van der Waals surface area contributed by atoms with Crippen LogP contribution in [0.2, 0.25) is 0 Å². The number of aliphatic hydroxyl groups is 1. The van der Waals surface area contributed by atoms with Gasteiger partial charge >= 0.3 is 0 Å². The summed E-state index contributed by atoms with van der Waals surface area (Å²) < 4.78 is 22.5. The third-order valence-electron chi connectivity index (χ3n) is 2.59. The Morgan fingerprint density at radius 1 is 1.44 bits per heavy atom. The third kappa shape index (κ3) is 2.78. The summed E-state index contributed by atoms with van der Waals surface area (Å²) in [6, 6.07) is 5.15. The Hall–Kier alpha value is -0.980. The predicted molar refractivity (Wildman–Crippen MR) is 59.5 cm³/mol. The number of hydrogen-bond acceptors (Lipinski definition) is 5. The zero-order chi connectivity index (χ0) is 11.6. The van der Waals surface area contributed by atoms with E-state index in [0.717, 1.165) is 5.69 Å². The lowest BCUT2D eigenvalue weighted by molar-refractivity contribution is 0.165. The second kappa shape index (κ2) is 4.48. The lowest BCUT2D eigenvalue weighted by atomic mass is 10.2. The van der Waals surface area contributed by atoms with Crippen LogP contribution in [0.5, 0.6) is 0 Å². The highest BCUT2D eigenvalue weighted by Gasteiger charge is 2.35. The molecule has 1 fully saturated rings. The smallest absolute Gasteiger partial charge is 0.154 e. The van der Waals surface area contributed by atoms with Gasteiger partial charge in [0.2, 0.25) is 0 Å². The maximum absolute atomic E-state index is 11.2. The molecule has 2 atom stereocenters. The van der Waals surface area contributed by atoms with Crippen LogP contribution in [-0.2, 0) is 16.4 Å². The van der Waals surface area contributed by atoms with E-state index in [1.54, 1.807) is 6.20 Å². The highest BCUT2D eigenvalue weighted by Crippen LogP contribution is 2.12. The van der Waals surface area contributed by atoms with Crippen molar-refractivity contribution >= 4 is 9.84 Å². The molecule has 0 amide bonds. The highest BCUT2D eigenvalue weighted by atomic mass is 32.2. The van der Waals surface area contributed by atoms with Crippen LogP contribution < -0.4 is 5.32 Å². The molecule has 2 rings (SSSR count). The third-order valence-corrected chi connectivity index (χ3v) is 4.31. The van der Waals surface area contributed by atoms with Gasteiger partial charge in [0.25, 0.3) is 0 Å². The minimum Gasteiger partial charge on any atom is -0.390 e. The van der Waals surface area contributed by atoms with Crippen LogP contribution >= 0.6 is 0 Å². The minimum atomic E-state index is -3.08. The average Bonchev–Trinajstić information content (AvgIpc) is 2.50. The molecule has 0 aromatic carbocycles. The molecule has 1 saturated heterocycles. The van der Waals surface area contributed by atoms with E-state index in [-0.39, 0.29) is 17.5 Å². The normalized spacial score (nSPS) is 28.1. The average molecular weight is 242 g/mol. The lowest BCUT2D eigenvalue weighted by Crippen LogP contribution is -2.38. The molecule has 2 unspecified atom stereocenters. The highest BCUT2D eigenvalue weighted by molar-refractivity contribution is 7.91. The van der Waals surface area contributed by atoms with Crippen LogP contribution in [-0.4, -0.2) is 42.2 Å². The zero-order valence-corrected chi connectivity index (χ0v) is 9.52. The van der Waals surface area contributed by atoms with Crippen molar-refractivity contribution in [3.05, 3.63) is 30.1 Å². The number of hydrogen-bond donors (Lipinski definition) is 2. The van der Waals surface area contributed by atoms with Crippen LogP contribution in [0.25, 0.3) is 0 Å². The van der Waals surface area contributed by atoms with Gasteiger partial charge in [-0.05, 0) is 12.1 Å². The fraction of sp³-hybridized carbons (Fsp3) is 0.500. The van der Waals surface area contributed by atoms with Gasteiger partial charge in [-0.1, -0.05) is 6.07 Å². The van der Waals surface area contributed by atoms with E-state index >= 15 is 0 Å². The molecular weight excluding hydrogens is 228 g/mol. The van der Waals surface area contributed by atoms with Crippen molar-refractivity contribution in [2.45, 2.75) is 18.7 Å². The van der Waals surface area contributed by atoms with Gasteiger partial charge in [0.05, 0.1) is 23.3 Å². The fourth-order valence-corrected chi connectivity index (χ4v) is 3.54. The first-order chi connectivity index (χ1) is 7.57. The molecule has 16 heavy (non-hydrogen) atoms. The molecule has 0 radical (unpaired) electrons. The van der Waals surface area contributed by atoms with Crippen molar-refractivity contribution in [1.29, 1.82) is 0 Å². The van der Waals surface area contributed by atoms with Crippen molar-refractivity contribution in [2.75, 3.05) is 11.5 Å². The number of sulfone groups is 1. The van der Waals surface area contributed by atoms with Crippen molar-refractivity contribution in [2.24, 2.45) is 0 Å². The van der Waals surface area contributed by atoms with Gasteiger partial charge in [-0.15, -0.1) is 0 Å². The summed E-state index contributed by atoms with van der Waals surface area (Å²) >= 11 is 0. The Morgan fingerprint density at radius 2 is 2.25 bits per heavy atom. The van der Waals surface area contributed by atoms with E-state index in [2.05, 4.69) is 10.3 Å². The van der Waals surface area contributed by atoms with Gasteiger partial charge in [0.1, 0.15) is 0 Å². The summed E-state index contributed by atoms with van der Waals surface area (Å²) in [4.78, 5) is 4.11. The number of aromatic nitrogens is 1. The van der Waals surface area contributed by atoms with Gasteiger partial charge in [-0.25, -0.2) is 8.42 Å². The second-order valence-corrected chi connectivity index (χ2v) is 6.11. The van der Waals surface area contributed by atoms with E-state index in [1.165, 1.54) is 0 Å². The van der Waals surface area contributed by atoms with Gasteiger partial charge < -0.3 is 10.4 Å². The van der Waals surface area contributed by atoms with Gasteiger partial charge in [0.15, 0.2) is 9.84 Å². The first kappa shape index (κ1) is 11.5. The molecule has 2 N–H and O–H groups in total. The quantitative estimate of drug-likeness (QED) is 0.735. The van der Waals surface area contributed by atoms with Crippen molar-refractivity contribution in [1.82, 2.24) is 10.3 Å². The van der Waals surface area contributed by atoms with Crippen LogP contribution in [0.1, 0.15) is 5.69 Å². The number of aliphatic hydroxyl groups excluding tert-OH is 1. The molecule has 6 heteroatoms. The van der Waals surface area contributed by atoms with E-state index in [4.69, 9.17) is 0 Å². The SMILES string of the molecule is O=S1(=O)CC(O)C(NCc2ccccn2)C1. The Balaban J connectivity index is 1.92. The van der Waals surface area contributed by atoms with Crippen molar-refractivity contribution < 1.29 is 13.5 Å². The Morgan fingerprint density at radius 3 is 2.81 bits per heavy atom. The molecule has 5 nitrogen and oxygen atoms in total. The number of nitrogens with zero attached hydrogens (tertiary/aromatic N) is 1. The summed E-state index contributed by atoms with van der Waals surface area (Å²) in [5.41, 5.74) is 0.832. The Labute approximate surface area is 94.4 Å². The standard InChI is InChI=1S/C10H14N2O3S/c13-10-7-16(14,15)6-9(10)12-5-8-3-1-2-4-11-8/h1-4,9-10,12-13H,5-7H2. The topological polar surface area (TPSA) is 79.3 Å². The number of pyridine rings is 1. The Kier molecular flexibility index (Phi) is 3.22. The maximum atomic E-state index is 11.2. The van der Waals surface area contributed by atoms with Gasteiger partial charge in [-0.3, -0.25) is 4.98 Å². The molecule has 1 aliphatic rings. The largest absolute Gasteiger partial charge is 0.390 e. The van der Waals surface area contributed by atoms with Crippen LogP contribution in [0.4, 0.5) is 0 Å². The van der Waals surface area contributed by atoms with Crippen LogP contribution in [0.15, 0.2) is 24.4 Å². The summed E-state index contributed by atoms with van der Waals surface area (Å²) in [6.45, 7) is 0.470. The Bertz CT molecular complexity index is 446. The molecule has 0 spiro atoms. The number of rotatable bonds is 3. The predicted octanol–water partition coefficient (Wildman–Crippen LogP) is -0.671. The fourth-order valence-electron chi connectivity index (χ4n) is 1.76. The van der Waals surface area contributed by atoms with E-state index < -0.39 is 15.9 Å². The van der Waals surface area contributed by atoms with E-state index in [0.29, 0.717) is 6.54 Å². The van der Waals surface area contributed by atoms with E-state index in [9.17, 15) is 13.5 Å². The summed E-state index contributed by atoms with van der Waals surface area (Å²) in [5.74, 6) is -0.145. The van der Waals surface area contributed by atoms with E-state index in [1.807, 2.05) is 18.2 Å². The maximum Gasteiger partial charge on any atom is 0.154 e. The second-order valence-electron chi connectivity index (χ2n) is 3.95. The number of nitrogens with one attached hydrogen (secondary N) is 1. The van der Waals surface area contributed by atoms with Crippen LogP contribution in [0, 0.1) is 0 Å². The molecule has 88 valence electrons. The molecule has 0 bridgehead atoms. The minimum absolute atomic E-state index is 0.000992. The monoisotopic (exact) mass is 242 g/mol. The molecule has 2 heterocycles. The van der Waals surface area contributed by atoms with Crippen molar-refractivity contribution in [3.8, 4) is 0 Å². The lowest BCUT2D eigenvalue weighted by Gasteiger charge is -2.14. The first-order valence-electron chi connectivity index (χ1n) is 5.08. The summed E-state index contributed by atoms with van der Waals surface area (Å²) in [5, 5.41) is 12.6. The summed E-state index contributed by atoms with van der Waals surface area (Å²) in [7, 11) is -3.08. The molecule has 0 saturated carbocycles. The molecule has 1 aromatic heterocycles. The van der Waals surface area contributed by atoms with Gasteiger partial charge in [-0.2, -0.15) is 0 Å². The first-order valence-corrected chi connectivity index (χ1v) is 6.91. The molecule has 0 aliphatic carbocycles. The molecule has 1 aromatic rings. The summed E-state index contributed by atoms with van der Waals surface area (Å²) in [6.07, 6.45) is 0.868.